The molecule has 0 aliphatic carbocycles. The van der Waals surface area contributed by atoms with E-state index >= 15 is 0 Å². The van der Waals surface area contributed by atoms with Crippen molar-refractivity contribution >= 4 is 5.91 Å². The summed E-state index contributed by atoms with van der Waals surface area (Å²) < 4.78 is 1.58. The van der Waals surface area contributed by atoms with Crippen molar-refractivity contribution in [2.24, 2.45) is 11.8 Å². The number of amides is 1. The Labute approximate surface area is 160 Å². The highest BCUT2D eigenvalue weighted by Gasteiger charge is 2.27. The van der Waals surface area contributed by atoms with E-state index < -0.39 is 0 Å². The molecule has 0 N–H and O–H groups in total. The van der Waals surface area contributed by atoms with Crippen LogP contribution in [0.25, 0.3) is 5.69 Å². The number of likely N-dealkylation sites (tertiary alicyclic amines) is 2. The summed E-state index contributed by atoms with van der Waals surface area (Å²) in [7, 11) is 0. The van der Waals surface area contributed by atoms with Gasteiger partial charge in [-0.15, -0.1) is 5.10 Å². The van der Waals surface area contributed by atoms with Crippen molar-refractivity contribution in [2.45, 2.75) is 32.6 Å². The van der Waals surface area contributed by atoms with Crippen LogP contribution < -0.4 is 0 Å². The number of piperidine rings is 2. The Kier molecular flexibility index (Phi) is 5.48. The second-order valence-electron chi connectivity index (χ2n) is 8.05. The van der Waals surface area contributed by atoms with Gasteiger partial charge in [0.2, 0.25) is 0 Å². The normalized spacial score (nSPS) is 22.1. The number of carbonyl (C=O) groups excluding carboxylic acids is 1. The summed E-state index contributed by atoms with van der Waals surface area (Å²) in [5, 5.41) is 11.2. The molecule has 1 atom stereocenters. The lowest BCUT2D eigenvalue weighted by Crippen LogP contribution is -2.45. The number of carbonyl (C=O) groups is 1. The van der Waals surface area contributed by atoms with E-state index in [1.54, 1.807) is 11.0 Å². The maximum absolute atomic E-state index is 13.1. The van der Waals surface area contributed by atoms with Gasteiger partial charge in [-0.25, -0.2) is 4.68 Å². The van der Waals surface area contributed by atoms with Crippen LogP contribution in [-0.2, 0) is 0 Å². The minimum absolute atomic E-state index is 0.113. The van der Waals surface area contributed by atoms with Crippen molar-refractivity contribution in [3.63, 3.8) is 0 Å². The molecule has 7 heteroatoms. The van der Waals surface area contributed by atoms with E-state index in [1.165, 1.54) is 32.4 Å². The molecule has 0 radical (unpaired) electrons. The van der Waals surface area contributed by atoms with E-state index in [2.05, 4.69) is 27.3 Å². The Morgan fingerprint density at radius 3 is 2.81 bits per heavy atom. The lowest BCUT2D eigenvalue weighted by Gasteiger charge is -2.38. The molecule has 3 heterocycles. The molecule has 2 aliphatic rings. The van der Waals surface area contributed by atoms with Gasteiger partial charge in [0.15, 0.2) is 0 Å². The van der Waals surface area contributed by atoms with Crippen molar-refractivity contribution in [1.82, 2.24) is 30.0 Å². The van der Waals surface area contributed by atoms with Crippen LogP contribution in [0.15, 0.2) is 30.6 Å². The van der Waals surface area contributed by atoms with Gasteiger partial charge in [-0.3, -0.25) is 4.79 Å². The van der Waals surface area contributed by atoms with E-state index in [1.807, 2.05) is 29.2 Å². The van der Waals surface area contributed by atoms with Gasteiger partial charge in [-0.05, 0) is 79.2 Å². The number of aromatic nitrogens is 4. The number of rotatable bonds is 4. The van der Waals surface area contributed by atoms with Crippen molar-refractivity contribution in [1.29, 1.82) is 0 Å². The zero-order chi connectivity index (χ0) is 18.6. The SMILES string of the molecule is CC1CCN(C[C@@H]2CCCN(C(=O)c3cccc(-n4cnnn4)c3)C2)CC1. The summed E-state index contributed by atoms with van der Waals surface area (Å²) >= 11 is 0. The number of nitrogens with zero attached hydrogens (tertiary/aromatic N) is 6. The molecular weight excluding hydrogens is 340 g/mol. The first kappa shape index (κ1) is 18.1. The monoisotopic (exact) mass is 368 g/mol. The van der Waals surface area contributed by atoms with Crippen molar-refractivity contribution in [3.05, 3.63) is 36.2 Å². The smallest absolute Gasteiger partial charge is 0.253 e. The topological polar surface area (TPSA) is 67.2 Å². The number of benzene rings is 1. The van der Waals surface area contributed by atoms with Gasteiger partial charge < -0.3 is 9.80 Å². The standard InChI is InChI=1S/C20H28N6O/c1-16-7-10-24(11-8-16)13-17-4-3-9-25(14-17)20(27)18-5-2-6-19(12-18)26-15-21-22-23-26/h2,5-6,12,15-17H,3-4,7-11,13-14H2,1H3/t17-/m0/s1. The molecule has 27 heavy (non-hydrogen) atoms. The Morgan fingerprint density at radius 1 is 1.19 bits per heavy atom. The van der Waals surface area contributed by atoms with Crippen LogP contribution in [-0.4, -0.2) is 68.6 Å². The molecule has 4 rings (SSSR count). The van der Waals surface area contributed by atoms with Crippen molar-refractivity contribution in [3.8, 4) is 5.69 Å². The molecule has 144 valence electrons. The van der Waals surface area contributed by atoms with Crippen LogP contribution in [0, 0.1) is 11.8 Å². The highest BCUT2D eigenvalue weighted by molar-refractivity contribution is 5.94. The summed E-state index contributed by atoms with van der Waals surface area (Å²) in [5.74, 6) is 1.55. The molecule has 0 saturated carbocycles. The van der Waals surface area contributed by atoms with Crippen LogP contribution in [0.4, 0.5) is 0 Å². The second kappa shape index (κ2) is 8.17. The second-order valence-corrected chi connectivity index (χ2v) is 8.05. The molecule has 0 unspecified atom stereocenters. The third-order valence-corrected chi connectivity index (χ3v) is 5.91. The van der Waals surface area contributed by atoms with Gasteiger partial charge in [0.1, 0.15) is 6.33 Å². The Hall–Kier alpha value is -2.28. The van der Waals surface area contributed by atoms with Crippen molar-refractivity contribution in [2.75, 3.05) is 32.7 Å². The maximum Gasteiger partial charge on any atom is 0.253 e. The average molecular weight is 368 g/mol. The summed E-state index contributed by atoms with van der Waals surface area (Å²) in [6.07, 6.45) is 6.46. The highest BCUT2D eigenvalue weighted by atomic mass is 16.2. The zero-order valence-corrected chi connectivity index (χ0v) is 16.0. The minimum atomic E-state index is 0.113. The Balaban J connectivity index is 1.39. The molecule has 2 fully saturated rings. The fourth-order valence-electron chi connectivity index (χ4n) is 4.25. The predicted molar refractivity (Wildman–Crippen MR) is 103 cm³/mol. The van der Waals surface area contributed by atoms with E-state index in [0.29, 0.717) is 11.5 Å². The predicted octanol–water partition coefficient (Wildman–Crippen LogP) is 2.25. The first-order chi connectivity index (χ1) is 13.2. The van der Waals surface area contributed by atoms with Crippen LogP contribution in [0.2, 0.25) is 0 Å². The fraction of sp³-hybridized carbons (Fsp3) is 0.600. The largest absolute Gasteiger partial charge is 0.338 e. The molecule has 2 saturated heterocycles. The molecule has 2 aliphatic heterocycles. The summed E-state index contributed by atoms with van der Waals surface area (Å²) in [4.78, 5) is 17.7. The molecule has 1 aromatic carbocycles. The number of tetrazole rings is 1. The van der Waals surface area contributed by atoms with Gasteiger partial charge in [-0.2, -0.15) is 0 Å². The van der Waals surface area contributed by atoms with Gasteiger partial charge in [-0.1, -0.05) is 13.0 Å². The van der Waals surface area contributed by atoms with Gasteiger partial charge in [0.25, 0.3) is 5.91 Å². The lowest BCUT2D eigenvalue weighted by atomic mass is 9.94. The molecular formula is C20H28N6O. The summed E-state index contributed by atoms with van der Waals surface area (Å²) in [6.45, 7) is 7.60. The summed E-state index contributed by atoms with van der Waals surface area (Å²) in [5.41, 5.74) is 1.51. The van der Waals surface area contributed by atoms with Gasteiger partial charge >= 0.3 is 0 Å². The van der Waals surface area contributed by atoms with Crippen LogP contribution in [0.3, 0.4) is 0 Å². The van der Waals surface area contributed by atoms with Crippen molar-refractivity contribution < 1.29 is 4.79 Å². The van der Waals surface area contributed by atoms with E-state index in [4.69, 9.17) is 0 Å². The third kappa shape index (κ3) is 4.35. The van der Waals surface area contributed by atoms with E-state index in [0.717, 1.165) is 37.7 Å². The Bertz CT molecular complexity index is 754. The lowest BCUT2D eigenvalue weighted by molar-refractivity contribution is 0.0622. The van der Waals surface area contributed by atoms with Crippen LogP contribution in [0.1, 0.15) is 43.0 Å². The van der Waals surface area contributed by atoms with E-state index in [-0.39, 0.29) is 5.91 Å². The highest BCUT2D eigenvalue weighted by Crippen LogP contribution is 2.23. The minimum Gasteiger partial charge on any atom is -0.338 e. The van der Waals surface area contributed by atoms with Gasteiger partial charge in [0.05, 0.1) is 5.69 Å². The number of hydrogen-bond donors (Lipinski definition) is 0. The number of hydrogen-bond acceptors (Lipinski definition) is 5. The quantitative estimate of drug-likeness (QED) is 0.828. The third-order valence-electron chi connectivity index (χ3n) is 5.91. The Morgan fingerprint density at radius 2 is 2.04 bits per heavy atom. The van der Waals surface area contributed by atoms with Crippen LogP contribution >= 0.6 is 0 Å². The van der Waals surface area contributed by atoms with Gasteiger partial charge in [0, 0.05) is 25.2 Å². The van der Waals surface area contributed by atoms with Crippen LogP contribution in [0.5, 0.6) is 0 Å². The first-order valence-electron chi connectivity index (χ1n) is 10.0. The maximum atomic E-state index is 13.1. The fourth-order valence-corrected chi connectivity index (χ4v) is 4.25. The molecule has 0 bridgehead atoms. The molecule has 2 aromatic rings. The molecule has 7 nitrogen and oxygen atoms in total. The van der Waals surface area contributed by atoms with E-state index in [9.17, 15) is 4.79 Å². The summed E-state index contributed by atoms with van der Waals surface area (Å²) in [6, 6.07) is 7.55. The average Bonchev–Trinajstić information content (AvgIpc) is 3.24. The zero-order valence-electron chi connectivity index (χ0n) is 16.0. The molecule has 0 spiro atoms. The first-order valence-corrected chi connectivity index (χ1v) is 10.0. The molecule has 1 aromatic heterocycles. The molecule has 1 amide bonds.